The minimum atomic E-state index is 0.678. The molecule has 19 heavy (non-hydrogen) atoms. The molecule has 0 bridgehead atoms. The molecule has 0 fully saturated rings. The van der Waals surface area contributed by atoms with Crippen LogP contribution in [0, 0.1) is 0 Å². The molecule has 2 aromatic rings. The Morgan fingerprint density at radius 2 is 2.16 bits per heavy atom. The van der Waals surface area contributed by atoms with Gasteiger partial charge in [-0.25, -0.2) is 0 Å². The molecule has 0 aliphatic carbocycles. The molecule has 5 heteroatoms. The molecule has 0 saturated heterocycles. The van der Waals surface area contributed by atoms with Crippen LogP contribution in [0.2, 0.25) is 5.02 Å². The molecule has 0 aromatic carbocycles. The molecule has 0 unspecified atom stereocenters. The SMILES string of the molecule is CCc1nn(CC)c(Cn2ccc(CCN)c2)c1Cl. The maximum absolute atomic E-state index is 6.41. The van der Waals surface area contributed by atoms with Crippen LogP contribution in [0.15, 0.2) is 18.5 Å². The summed E-state index contributed by atoms with van der Waals surface area (Å²) in [4.78, 5) is 0. The fraction of sp³-hybridized carbons (Fsp3) is 0.500. The summed E-state index contributed by atoms with van der Waals surface area (Å²) in [5.41, 5.74) is 8.89. The summed E-state index contributed by atoms with van der Waals surface area (Å²) in [5, 5.41) is 5.34. The zero-order valence-corrected chi connectivity index (χ0v) is 12.3. The van der Waals surface area contributed by atoms with Gasteiger partial charge in [-0.15, -0.1) is 0 Å². The maximum atomic E-state index is 6.41. The summed E-state index contributed by atoms with van der Waals surface area (Å²) in [7, 11) is 0. The second-order valence-electron chi connectivity index (χ2n) is 4.61. The van der Waals surface area contributed by atoms with Crippen LogP contribution in [0.4, 0.5) is 0 Å². The van der Waals surface area contributed by atoms with Crippen molar-refractivity contribution < 1.29 is 0 Å². The highest BCUT2D eigenvalue weighted by Gasteiger charge is 2.14. The molecular formula is C14H21ClN4. The second kappa shape index (κ2) is 6.26. The summed E-state index contributed by atoms with van der Waals surface area (Å²) in [6, 6.07) is 2.11. The minimum absolute atomic E-state index is 0.678. The normalized spacial score (nSPS) is 11.2. The van der Waals surface area contributed by atoms with Gasteiger partial charge in [-0.05, 0) is 37.9 Å². The van der Waals surface area contributed by atoms with Gasteiger partial charge in [0.2, 0.25) is 0 Å². The van der Waals surface area contributed by atoms with Gasteiger partial charge in [-0.3, -0.25) is 4.68 Å². The van der Waals surface area contributed by atoms with Crippen molar-refractivity contribution in [3.05, 3.63) is 40.4 Å². The van der Waals surface area contributed by atoms with Gasteiger partial charge in [0.25, 0.3) is 0 Å². The first-order valence-electron chi connectivity index (χ1n) is 6.78. The van der Waals surface area contributed by atoms with Gasteiger partial charge in [-0.2, -0.15) is 5.10 Å². The van der Waals surface area contributed by atoms with Crippen LogP contribution in [-0.2, 0) is 25.9 Å². The van der Waals surface area contributed by atoms with Crippen LogP contribution in [0.25, 0.3) is 0 Å². The lowest BCUT2D eigenvalue weighted by Gasteiger charge is -2.06. The molecule has 4 nitrogen and oxygen atoms in total. The van der Waals surface area contributed by atoms with Gasteiger partial charge < -0.3 is 10.3 Å². The molecule has 2 heterocycles. The molecule has 0 amide bonds. The van der Waals surface area contributed by atoms with Gasteiger partial charge in [-0.1, -0.05) is 18.5 Å². The predicted octanol–water partition coefficient (Wildman–Crippen LogP) is 2.47. The molecular weight excluding hydrogens is 260 g/mol. The van der Waals surface area contributed by atoms with Crippen molar-refractivity contribution in [2.75, 3.05) is 6.54 Å². The van der Waals surface area contributed by atoms with Crippen LogP contribution in [0.3, 0.4) is 0 Å². The summed E-state index contributed by atoms with van der Waals surface area (Å²) >= 11 is 6.41. The summed E-state index contributed by atoms with van der Waals surface area (Å²) in [6.07, 6.45) is 5.97. The molecule has 104 valence electrons. The van der Waals surface area contributed by atoms with Crippen LogP contribution in [0.1, 0.15) is 30.8 Å². The van der Waals surface area contributed by atoms with E-state index in [-0.39, 0.29) is 0 Å². The van der Waals surface area contributed by atoms with E-state index in [4.69, 9.17) is 17.3 Å². The van der Waals surface area contributed by atoms with E-state index in [1.165, 1.54) is 5.56 Å². The summed E-state index contributed by atoms with van der Waals surface area (Å²) < 4.78 is 4.13. The molecule has 2 rings (SSSR count). The Morgan fingerprint density at radius 1 is 1.37 bits per heavy atom. The quantitative estimate of drug-likeness (QED) is 0.884. The Morgan fingerprint density at radius 3 is 2.79 bits per heavy atom. The van der Waals surface area contributed by atoms with Crippen molar-refractivity contribution in [1.29, 1.82) is 0 Å². The summed E-state index contributed by atoms with van der Waals surface area (Å²) in [5.74, 6) is 0. The van der Waals surface area contributed by atoms with Crippen LogP contribution < -0.4 is 5.73 Å². The van der Waals surface area contributed by atoms with Gasteiger partial charge in [0.05, 0.1) is 23.0 Å². The Hall–Kier alpha value is -1.26. The maximum Gasteiger partial charge on any atom is 0.0868 e. The molecule has 2 N–H and O–H groups in total. The highest BCUT2D eigenvalue weighted by atomic mass is 35.5. The van der Waals surface area contributed by atoms with E-state index in [2.05, 4.69) is 42.0 Å². The van der Waals surface area contributed by atoms with Gasteiger partial charge in [0.15, 0.2) is 0 Å². The highest BCUT2D eigenvalue weighted by Crippen LogP contribution is 2.22. The first kappa shape index (κ1) is 14.2. The molecule has 0 radical (unpaired) electrons. The lowest BCUT2D eigenvalue weighted by Crippen LogP contribution is -2.07. The fourth-order valence-electron chi connectivity index (χ4n) is 2.24. The number of aromatic nitrogens is 3. The average molecular weight is 281 g/mol. The smallest absolute Gasteiger partial charge is 0.0868 e. The number of hydrogen-bond donors (Lipinski definition) is 1. The van der Waals surface area contributed by atoms with Crippen molar-refractivity contribution in [1.82, 2.24) is 14.3 Å². The van der Waals surface area contributed by atoms with Crippen LogP contribution in [0.5, 0.6) is 0 Å². The number of rotatable bonds is 6. The average Bonchev–Trinajstić information content (AvgIpc) is 2.97. The largest absolute Gasteiger partial charge is 0.348 e. The molecule has 2 aromatic heterocycles. The number of nitrogens with two attached hydrogens (primary N) is 1. The van der Waals surface area contributed by atoms with Crippen LogP contribution >= 0.6 is 11.6 Å². The number of hydrogen-bond acceptors (Lipinski definition) is 2. The van der Waals surface area contributed by atoms with Crippen molar-refractivity contribution in [3.63, 3.8) is 0 Å². The lowest BCUT2D eigenvalue weighted by atomic mass is 10.2. The number of nitrogens with zero attached hydrogens (tertiary/aromatic N) is 3. The molecule has 0 spiro atoms. The summed E-state index contributed by atoms with van der Waals surface area (Å²) in [6.45, 7) is 6.43. The fourth-order valence-corrected chi connectivity index (χ4v) is 2.57. The first-order chi connectivity index (χ1) is 9.19. The van der Waals surface area contributed by atoms with E-state index in [1.54, 1.807) is 0 Å². The molecule has 0 saturated carbocycles. The molecule has 0 atom stereocenters. The standard InChI is InChI=1S/C14H21ClN4/c1-3-12-14(15)13(19(4-2)17-12)10-18-8-6-11(9-18)5-7-16/h6,8-9H,3-5,7,10,16H2,1-2H3. The molecule has 0 aliphatic rings. The number of halogens is 1. The van der Waals surface area contributed by atoms with E-state index in [0.717, 1.165) is 42.3 Å². The van der Waals surface area contributed by atoms with E-state index in [9.17, 15) is 0 Å². The van der Waals surface area contributed by atoms with Crippen molar-refractivity contribution >= 4 is 11.6 Å². The van der Waals surface area contributed by atoms with E-state index in [0.29, 0.717) is 6.54 Å². The topological polar surface area (TPSA) is 48.8 Å². The monoisotopic (exact) mass is 280 g/mol. The third kappa shape index (κ3) is 3.01. The van der Waals surface area contributed by atoms with E-state index in [1.807, 2.05) is 4.68 Å². The Bertz CT molecular complexity index is 542. The zero-order valence-electron chi connectivity index (χ0n) is 11.6. The zero-order chi connectivity index (χ0) is 13.8. The Kier molecular flexibility index (Phi) is 4.66. The van der Waals surface area contributed by atoms with Gasteiger partial charge in [0.1, 0.15) is 0 Å². The Balaban J connectivity index is 2.23. The first-order valence-corrected chi connectivity index (χ1v) is 7.16. The third-order valence-electron chi connectivity index (χ3n) is 3.27. The Labute approximate surface area is 119 Å². The number of aryl methyl sites for hydroxylation is 2. The van der Waals surface area contributed by atoms with Crippen molar-refractivity contribution in [2.45, 2.75) is 39.8 Å². The van der Waals surface area contributed by atoms with Gasteiger partial charge in [0, 0.05) is 18.9 Å². The van der Waals surface area contributed by atoms with Gasteiger partial charge >= 0.3 is 0 Å². The van der Waals surface area contributed by atoms with E-state index >= 15 is 0 Å². The predicted molar refractivity (Wildman–Crippen MR) is 78.6 cm³/mol. The lowest BCUT2D eigenvalue weighted by molar-refractivity contribution is 0.595. The second-order valence-corrected chi connectivity index (χ2v) is 4.99. The minimum Gasteiger partial charge on any atom is -0.348 e. The van der Waals surface area contributed by atoms with E-state index < -0.39 is 0 Å². The highest BCUT2D eigenvalue weighted by molar-refractivity contribution is 6.31. The molecule has 0 aliphatic heterocycles. The third-order valence-corrected chi connectivity index (χ3v) is 3.71. The van der Waals surface area contributed by atoms with Crippen molar-refractivity contribution in [3.8, 4) is 0 Å². The van der Waals surface area contributed by atoms with Crippen molar-refractivity contribution in [2.24, 2.45) is 5.73 Å². The van der Waals surface area contributed by atoms with Crippen LogP contribution in [-0.4, -0.2) is 20.9 Å².